The first-order valence-electron chi connectivity index (χ1n) is 10.1. The number of rotatable bonds is 6. The van der Waals surface area contributed by atoms with Crippen LogP contribution < -0.4 is 10.2 Å². The molecule has 0 bridgehead atoms. The quantitative estimate of drug-likeness (QED) is 0.589. The van der Waals surface area contributed by atoms with Crippen molar-refractivity contribution in [3.05, 3.63) is 47.8 Å². The van der Waals surface area contributed by atoms with Gasteiger partial charge in [-0.2, -0.15) is 5.10 Å². The zero-order valence-electron chi connectivity index (χ0n) is 16.1. The lowest BCUT2D eigenvalue weighted by atomic mass is 10.1. The molecule has 150 valence electrons. The maximum Gasteiger partial charge on any atom is 0.156 e. The Morgan fingerprint density at radius 3 is 2.72 bits per heavy atom. The molecule has 3 aromatic heterocycles. The average Bonchev–Trinajstić information content (AvgIpc) is 3.24. The van der Waals surface area contributed by atoms with Gasteiger partial charge in [0.2, 0.25) is 0 Å². The molecule has 0 radical (unpaired) electrons. The highest BCUT2D eigenvalue weighted by Gasteiger charge is 2.25. The lowest BCUT2D eigenvalue weighted by molar-refractivity contribution is 0.145. The van der Waals surface area contributed by atoms with E-state index in [1.165, 1.54) is 18.5 Å². The number of nitrogens with one attached hydrogen (secondary N) is 2. The van der Waals surface area contributed by atoms with E-state index in [1.807, 2.05) is 30.4 Å². The molecule has 0 aromatic carbocycles. The summed E-state index contributed by atoms with van der Waals surface area (Å²) in [4.78, 5) is 11.5. The molecule has 8 heteroatoms. The van der Waals surface area contributed by atoms with Crippen LogP contribution in [-0.4, -0.2) is 44.5 Å². The largest absolute Gasteiger partial charge is 0.465 e. The summed E-state index contributed by atoms with van der Waals surface area (Å²) in [6.07, 6.45) is 9.04. The van der Waals surface area contributed by atoms with Gasteiger partial charge in [-0.05, 0) is 50.0 Å². The van der Waals surface area contributed by atoms with Gasteiger partial charge in [-0.3, -0.25) is 5.10 Å². The van der Waals surface area contributed by atoms with Crippen molar-refractivity contribution in [3.63, 3.8) is 0 Å². The number of nitrogens with zero attached hydrogens (tertiary/aromatic N) is 4. The lowest BCUT2D eigenvalue weighted by Crippen LogP contribution is -2.36. The van der Waals surface area contributed by atoms with E-state index in [0.29, 0.717) is 17.6 Å². The fourth-order valence-electron chi connectivity index (χ4n) is 3.53. The normalized spacial score (nSPS) is 17.9. The third-order valence-electron chi connectivity index (χ3n) is 5.33. The van der Waals surface area contributed by atoms with Gasteiger partial charge in [0.05, 0.1) is 12.4 Å². The fourth-order valence-corrected chi connectivity index (χ4v) is 3.53. The van der Waals surface area contributed by atoms with Crippen LogP contribution in [0.3, 0.4) is 0 Å². The minimum Gasteiger partial charge on any atom is -0.465 e. The van der Waals surface area contributed by atoms with Crippen LogP contribution >= 0.6 is 0 Å². The van der Waals surface area contributed by atoms with Crippen molar-refractivity contribution >= 4 is 29.6 Å². The van der Waals surface area contributed by atoms with E-state index in [-0.39, 0.29) is 6.10 Å². The molecular weight excluding hydrogens is 368 g/mol. The van der Waals surface area contributed by atoms with Crippen molar-refractivity contribution in [1.29, 1.82) is 0 Å². The fraction of sp³-hybridized carbons (Fsp3) is 0.381. The summed E-state index contributed by atoms with van der Waals surface area (Å²) in [5.41, 5.74) is 1.17. The number of aliphatic hydroxyl groups excluding tert-OH is 1. The molecule has 3 aromatic rings. The first kappa shape index (κ1) is 17.9. The molecule has 8 nitrogen and oxygen atoms in total. The van der Waals surface area contributed by atoms with Gasteiger partial charge in [-0.25, -0.2) is 9.97 Å². The molecule has 0 spiro atoms. The Morgan fingerprint density at radius 1 is 1.10 bits per heavy atom. The zero-order chi connectivity index (χ0) is 19.6. The lowest BCUT2D eigenvalue weighted by Gasteiger charge is -2.30. The Labute approximate surface area is 168 Å². The maximum atomic E-state index is 9.81. The number of anilines is 3. The summed E-state index contributed by atoms with van der Waals surface area (Å²) < 4.78 is 5.36. The van der Waals surface area contributed by atoms with Crippen molar-refractivity contribution in [3.8, 4) is 0 Å². The number of hydrogen-bond donors (Lipinski definition) is 3. The third kappa shape index (κ3) is 4.32. The van der Waals surface area contributed by atoms with Crippen LogP contribution in [0.2, 0.25) is 0 Å². The molecule has 2 fully saturated rings. The minimum atomic E-state index is -0.228. The Morgan fingerprint density at radius 2 is 1.97 bits per heavy atom. The van der Waals surface area contributed by atoms with Gasteiger partial charge < -0.3 is 19.7 Å². The Balaban J connectivity index is 1.41. The molecule has 1 saturated carbocycles. The molecule has 5 rings (SSSR count). The Hall–Kier alpha value is -3.13. The predicted molar refractivity (Wildman–Crippen MR) is 111 cm³/mol. The highest BCUT2D eigenvalue weighted by Crippen LogP contribution is 2.39. The van der Waals surface area contributed by atoms with Crippen LogP contribution in [-0.2, 0) is 0 Å². The van der Waals surface area contributed by atoms with E-state index in [2.05, 4.69) is 31.5 Å². The number of piperidine rings is 1. The third-order valence-corrected chi connectivity index (χ3v) is 5.33. The van der Waals surface area contributed by atoms with Crippen LogP contribution in [0.1, 0.15) is 48.9 Å². The summed E-state index contributed by atoms with van der Waals surface area (Å²) in [6, 6.07) is 7.72. The molecule has 1 aliphatic heterocycles. The van der Waals surface area contributed by atoms with Crippen LogP contribution in [0.4, 0.5) is 17.5 Å². The van der Waals surface area contributed by atoms with Gasteiger partial charge in [-0.15, -0.1) is 0 Å². The number of H-pyrrole nitrogens is 1. The van der Waals surface area contributed by atoms with Crippen molar-refractivity contribution in [1.82, 2.24) is 20.2 Å². The molecule has 29 heavy (non-hydrogen) atoms. The molecule has 2 aliphatic rings. The second kappa shape index (κ2) is 7.71. The van der Waals surface area contributed by atoms with Gasteiger partial charge >= 0.3 is 0 Å². The highest BCUT2D eigenvalue weighted by molar-refractivity contribution is 5.67. The van der Waals surface area contributed by atoms with E-state index in [1.54, 1.807) is 6.26 Å². The van der Waals surface area contributed by atoms with Crippen LogP contribution in [0, 0.1) is 0 Å². The molecule has 4 heterocycles. The van der Waals surface area contributed by atoms with Crippen LogP contribution in [0.25, 0.3) is 12.2 Å². The molecule has 0 unspecified atom stereocenters. The number of furan rings is 1. The molecule has 1 aliphatic carbocycles. The second-order valence-electron chi connectivity index (χ2n) is 7.64. The summed E-state index contributed by atoms with van der Waals surface area (Å²) in [6.45, 7) is 1.54. The number of hydrogen-bond acceptors (Lipinski definition) is 7. The van der Waals surface area contributed by atoms with Crippen molar-refractivity contribution < 1.29 is 9.52 Å². The molecule has 1 saturated heterocycles. The number of aromatic amines is 1. The average molecular weight is 392 g/mol. The first-order valence-corrected chi connectivity index (χ1v) is 10.1. The molecule has 0 amide bonds. The summed E-state index contributed by atoms with van der Waals surface area (Å²) in [5, 5.41) is 20.6. The molecule has 0 atom stereocenters. The van der Waals surface area contributed by atoms with Gasteiger partial charge in [0, 0.05) is 36.8 Å². The topological polar surface area (TPSA) is 103 Å². The van der Waals surface area contributed by atoms with Crippen molar-refractivity contribution in [2.24, 2.45) is 0 Å². The van der Waals surface area contributed by atoms with E-state index >= 15 is 0 Å². The standard InChI is InChI=1S/C21H24N6O2/c28-15-7-9-27(10-8-15)21-13-19(23-20-12-17(25-26-20)14-3-4-14)22-18(24-21)6-5-16-2-1-11-29-16/h1-2,5-6,11-15,28H,3-4,7-10H2,(H2,22,23,24,25,26)/b6-5+. The van der Waals surface area contributed by atoms with Crippen LogP contribution in [0.5, 0.6) is 0 Å². The monoisotopic (exact) mass is 392 g/mol. The summed E-state index contributed by atoms with van der Waals surface area (Å²) in [7, 11) is 0. The summed E-state index contributed by atoms with van der Waals surface area (Å²) in [5.74, 6) is 4.24. The van der Waals surface area contributed by atoms with Crippen molar-refractivity contribution in [2.75, 3.05) is 23.3 Å². The highest BCUT2D eigenvalue weighted by atomic mass is 16.3. The summed E-state index contributed by atoms with van der Waals surface area (Å²) >= 11 is 0. The Kier molecular flexibility index (Phi) is 4.77. The maximum absolute atomic E-state index is 9.81. The van der Waals surface area contributed by atoms with Gasteiger partial charge in [0.15, 0.2) is 11.6 Å². The van der Waals surface area contributed by atoms with Gasteiger partial charge in [0.25, 0.3) is 0 Å². The zero-order valence-corrected chi connectivity index (χ0v) is 16.1. The van der Waals surface area contributed by atoms with E-state index in [4.69, 9.17) is 9.40 Å². The minimum absolute atomic E-state index is 0.228. The molecular formula is C21H24N6O2. The van der Waals surface area contributed by atoms with E-state index in [9.17, 15) is 5.11 Å². The number of aliphatic hydroxyl groups is 1. The predicted octanol–water partition coefficient (Wildman–Crippen LogP) is 3.55. The van der Waals surface area contributed by atoms with Gasteiger partial charge in [0.1, 0.15) is 17.4 Å². The second-order valence-corrected chi connectivity index (χ2v) is 7.64. The van der Waals surface area contributed by atoms with E-state index < -0.39 is 0 Å². The molecule has 3 N–H and O–H groups in total. The first-order chi connectivity index (χ1) is 14.2. The van der Waals surface area contributed by atoms with Gasteiger partial charge in [-0.1, -0.05) is 0 Å². The van der Waals surface area contributed by atoms with Crippen LogP contribution in [0.15, 0.2) is 34.9 Å². The number of aromatic nitrogens is 4. The van der Waals surface area contributed by atoms with Crippen molar-refractivity contribution in [2.45, 2.75) is 37.7 Å². The smallest absolute Gasteiger partial charge is 0.156 e. The SMILES string of the molecule is OC1CCN(c2cc(Nc3cc(C4CC4)[nH]n3)nc(/C=C/c3ccco3)n2)CC1. The Bertz CT molecular complexity index is 985. The van der Waals surface area contributed by atoms with E-state index in [0.717, 1.165) is 43.3 Å².